The van der Waals surface area contributed by atoms with Crippen LogP contribution in [0.2, 0.25) is 25.7 Å². The molecule has 3 aromatic rings. The minimum absolute atomic E-state index is 0.0150. The zero-order valence-corrected chi connectivity index (χ0v) is 23.7. The van der Waals surface area contributed by atoms with Crippen molar-refractivity contribution in [2.24, 2.45) is 0 Å². The Hall–Kier alpha value is -3.44. The van der Waals surface area contributed by atoms with Crippen LogP contribution in [-0.4, -0.2) is 53.5 Å². The van der Waals surface area contributed by atoms with E-state index < -0.39 is 38.1 Å². The van der Waals surface area contributed by atoms with Crippen molar-refractivity contribution in [2.45, 2.75) is 71.8 Å². The number of benzene rings is 1. The van der Waals surface area contributed by atoms with Gasteiger partial charge in [-0.05, 0) is 56.1 Å². The standard InChI is InChI=1S/C27H36FN3O6Si/c1-17(2)36-27(34)30-21(26(32)33)14-19-7-8-22(20(28)13-19)37-23-9-10-29-25-24(23)18(3)15-31(25)16-35-11-12-38(4,5)6/h7-10,13,15,17,21H,11-12,14,16H2,1-6H3,(H,30,34)(H,32,33)/t21-/m0/s1. The number of alkyl carbamates (subject to hydrolysis) is 1. The van der Waals surface area contributed by atoms with E-state index in [2.05, 4.69) is 29.9 Å². The highest BCUT2D eigenvalue weighted by Gasteiger charge is 2.23. The van der Waals surface area contributed by atoms with Gasteiger partial charge in [0.1, 0.15) is 24.2 Å². The van der Waals surface area contributed by atoms with Gasteiger partial charge >= 0.3 is 12.1 Å². The van der Waals surface area contributed by atoms with Crippen molar-refractivity contribution in [1.29, 1.82) is 0 Å². The normalized spacial score (nSPS) is 12.5. The Kier molecular flexibility index (Phi) is 9.50. The number of carbonyl (C=O) groups is 2. The molecule has 0 bridgehead atoms. The second-order valence-electron chi connectivity index (χ2n) is 10.7. The number of rotatable bonds is 12. The number of hydrogen-bond donors (Lipinski definition) is 2. The van der Waals surface area contributed by atoms with E-state index >= 15 is 4.39 Å². The summed E-state index contributed by atoms with van der Waals surface area (Å²) in [5.41, 5.74) is 1.97. The quantitative estimate of drug-likeness (QED) is 0.221. The van der Waals surface area contributed by atoms with Crippen molar-refractivity contribution in [2.75, 3.05) is 6.61 Å². The van der Waals surface area contributed by atoms with E-state index in [0.717, 1.165) is 17.0 Å². The van der Waals surface area contributed by atoms with Gasteiger partial charge in [0.05, 0.1) is 11.5 Å². The van der Waals surface area contributed by atoms with E-state index in [9.17, 15) is 14.7 Å². The van der Waals surface area contributed by atoms with Gasteiger partial charge in [0.25, 0.3) is 0 Å². The lowest BCUT2D eigenvalue weighted by atomic mass is 10.1. The maximum Gasteiger partial charge on any atom is 0.408 e. The van der Waals surface area contributed by atoms with Gasteiger partial charge in [-0.1, -0.05) is 25.7 Å². The molecule has 206 valence electrons. The second kappa shape index (κ2) is 12.4. The summed E-state index contributed by atoms with van der Waals surface area (Å²) in [6.45, 7) is 13.2. The van der Waals surface area contributed by atoms with Gasteiger partial charge in [-0.3, -0.25) is 0 Å². The SMILES string of the molecule is Cc1cn(COCC[Si](C)(C)C)c2nccc(Oc3ccc(C[C@H](NC(=O)OC(C)C)C(=O)O)cc3F)c12. The molecule has 0 aliphatic carbocycles. The summed E-state index contributed by atoms with van der Waals surface area (Å²) in [5, 5.41) is 12.5. The molecule has 0 saturated carbocycles. The Morgan fingerprint density at radius 3 is 2.55 bits per heavy atom. The van der Waals surface area contributed by atoms with Gasteiger partial charge in [-0.2, -0.15) is 0 Å². The fourth-order valence-electron chi connectivity index (χ4n) is 3.80. The number of nitrogens with one attached hydrogen (secondary N) is 1. The molecule has 38 heavy (non-hydrogen) atoms. The van der Waals surface area contributed by atoms with Crippen molar-refractivity contribution in [3.63, 3.8) is 0 Å². The summed E-state index contributed by atoms with van der Waals surface area (Å²) in [5.74, 6) is -1.48. The smallest absolute Gasteiger partial charge is 0.408 e. The molecule has 0 spiro atoms. The monoisotopic (exact) mass is 545 g/mol. The number of carbonyl (C=O) groups excluding carboxylic acids is 1. The number of carboxylic acid groups (broad SMARTS) is 1. The second-order valence-corrected chi connectivity index (χ2v) is 16.3. The first-order valence-corrected chi connectivity index (χ1v) is 16.2. The molecule has 3 rings (SSSR count). The van der Waals surface area contributed by atoms with Crippen molar-refractivity contribution in [3.8, 4) is 11.5 Å². The number of ether oxygens (including phenoxy) is 3. The van der Waals surface area contributed by atoms with Crippen LogP contribution >= 0.6 is 0 Å². The number of amides is 1. The largest absolute Gasteiger partial charge is 0.480 e. The first kappa shape index (κ1) is 29.1. The zero-order chi connectivity index (χ0) is 28.0. The summed E-state index contributed by atoms with van der Waals surface area (Å²) >= 11 is 0. The van der Waals surface area contributed by atoms with Crippen LogP contribution in [0.1, 0.15) is 25.0 Å². The van der Waals surface area contributed by atoms with Gasteiger partial charge in [-0.15, -0.1) is 0 Å². The lowest BCUT2D eigenvalue weighted by molar-refractivity contribution is -0.139. The predicted octanol–water partition coefficient (Wildman–Crippen LogP) is 5.72. The molecule has 0 aliphatic heterocycles. The number of aryl methyl sites for hydroxylation is 1. The summed E-state index contributed by atoms with van der Waals surface area (Å²) < 4.78 is 33.7. The van der Waals surface area contributed by atoms with Crippen LogP contribution in [0.4, 0.5) is 9.18 Å². The summed E-state index contributed by atoms with van der Waals surface area (Å²) in [6, 6.07) is 5.66. The summed E-state index contributed by atoms with van der Waals surface area (Å²) in [7, 11) is -1.19. The van der Waals surface area contributed by atoms with E-state index in [4.69, 9.17) is 14.2 Å². The number of halogens is 1. The van der Waals surface area contributed by atoms with Crippen LogP contribution in [0.15, 0.2) is 36.7 Å². The Bertz CT molecular complexity index is 1290. The maximum absolute atomic E-state index is 15.0. The van der Waals surface area contributed by atoms with Gasteiger partial charge < -0.3 is 29.2 Å². The van der Waals surface area contributed by atoms with Gasteiger partial charge in [-0.25, -0.2) is 19.0 Å². The topological polar surface area (TPSA) is 112 Å². The van der Waals surface area contributed by atoms with Crippen molar-refractivity contribution >= 4 is 31.2 Å². The molecule has 2 heterocycles. The van der Waals surface area contributed by atoms with Crippen molar-refractivity contribution < 1.29 is 33.3 Å². The third-order valence-corrected chi connectivity index (χ3v) is 7.43. The summed E-state index contributed by atoms with van der Waals surface area (Å²) in [6.07, 6.45) is 2.15. The van der Waals surface area contributed by atoms with E-state index in [-0.39, 0.29) is 12.2 Å². The van der Waals surface area contributed by atoms with E-state index in [1.807, 2.05) is 17.7 Å². The predicted molar refractivity (Wildman–Crippen MR) is 145 cm³/mol. The number of hydrogen-bond acceptors (Lipinski definition) is 6. The number of carboxylic acids is 1. The highest BCUT2D eigenvalue weighted by Crippen LogP contribution is 2.33. The third-order valence-electron chi connectivity index (χ3n) is 5.72. The minimum atomic E-state index is -1.28. The zero-order valence-electron chi connectivity index (χ0n) is 22.7. The van der Waals surface area contributed by atoms with Crippen molar-refractivity contribution in [3.05, 3.63) is 53.6 Å². The maximum atomic E-state index is 15.0. The molecule has 0 saturated heterocycles. The number of fused-ring (bicyclic) bond motifs is 1. The van der Waals surface area contributed by atoms with Crippen LogP contribution in [0.5, 0.6) is 11.5 Å². The van der Waals surface area contributed by atoms with Crippen LogP contribution < -0.4 is 10.1 Å². The first-order chi connectivity index (χ1) is 17.8. The molecule has 1 amide bonds. The van der Waals surface area contributed by atoms with Gasteiger partial charge in [0, 0.05) is 33.5 Å². The lowest BCUT2D eigenvalue weighted by Crippen LogP contribution is -2.43. The van der Waals surface area contributed by atoms with Gasteiger partial charge in [0.2, 0.25) is 0 Å². The number of aliphatic carboxylic acids is 1. The molecule has 2 N–H and O–H groups in total. The number of aromatic nitrogens is 2. The van der Waals surface area contributed by atoms with E-state index in [1.54, 1.807) is 32.2 Å². The summed E-state index contributed by atoms with van der Waals surface area (Å²) in [4.78, 5) is 27.9. The van der Waals surface area contributed by atoms with Crippen molar-refractivity contribution in [1.82, 2.24) is 14.9 Å². The first-order valence-electron chi connectivity index (χ1n) is 12.5. The average molecular weight is 546 g/mol. The number of pyridine rings is 1. The molecular formula is C27H36FN3O6Si. The third kappa shape index (κ3) is 8.03. The molecule has 0 aliphatic rings. The average Bonchev–Trinajstić information content (AvgIpc) is 3.13. The fraction of sp³-hybridized carbons (Fsp3) is 0.444. The van der Waals surface area contributed by atoms with Crippen LogP contribution in [0, 0.1) is 12.7 Å². The van der Waals surface area contributed by atoms with Crippen LogP contribution in [0.3, 0.4) is 0 Å². The van der Waals surface area contributed by atoms with Crippen LogP contribution in [-0.2, 0) is 27.4 Å². The lowest BCUT2D eigenvalue weighted by Gasteiger charge is -2.16. The Morgan fingerprint density at radius 1 is 1.18 bits per heavy atom. The molecule has 11 heteroatoms. The number of nitrogens with zero attached hydrogens (tertiary/aromatic N) is 2. The molecule has 9 nitrogen and oxygen atoms in total. The molecular weight excluding hydrogens is 509 g/mol. The molecule has 0 fully saturated rings. The molecule has 1 atom stereocenters. The minimum Gasteiger partial charge on any atom is -0.480 e. The molecule has 1 aromatic carbocycles. The van der Waals surface area contributed by atoms with E-state index in [0.29, 0.717) is 30.3 Å². The molecule has 0 unspecified atom stereocenters. The Labute approximate surface area is 222 Å². The highest BCUT2D eigenvalue weighted by atomic mass is 28.3. The Balaban J connectivity index is 1.74. The highest BCUT2D eigenvalue weighted by molar-refractivity contribution is 6.76. The fourth-order valence-corrected chi connectivity index (χ4v) is 4.56. The molecule has 2 aromatic heterocycles. The van der Waals surface area contributed by atoms with E-state index in [1.165, 1.54) is 12.1 Å². The van der Waals surface area contributed by atoms with Gasteiger partial charge in [0.15, 0.2) is 11.6 Å². The Morgan fingerprint density at radius 2 is 1.92 bits per heavy atom. The molecule has 0 radical (unpaired) electrons. The van der Waals surface area contributed by atoms with Crippen LogP contribution in [0.25, 0.3) is 11.0 Å².